The molecule has 0 saturated carbocycles. The largest absolute Gasteiger partial charge is 0.481 e. The number of ether oxygens (including phenoxy) is 1. The van der Waals surface area contributed by atoms with E-state index in [0.717, 1.165) is 0 Å². The van der Waals surface area contributed by atoms with E-state index in [1.165, 1.54) is 7.11 Å². The van der Waals surface area contributed by atoms with Gasteiger partial charge in [-0.05, 0) is 6.92 Å². The van der Waals surface area contributed by atoms with E-state index < -0.39 is 5.97 Å². The monoisotopic (exact) mass is 144 g/mol. The van der Waals surface area contributed by atoms with Crippen LogP contribution in [0.15, 0.2) is 12.2 Å². The van der Waals surface area contributed by atoms with E-state index in [1.54, 1.807) is 12.2 Å². The second-order valence-electron chi connectivity index (χ2n) is 1.90. The first-order chi connectivity index (χ1) is 4.70. The Morgan fingerprint density at radius 1 is 1.80 bits per heavy atom. The Balaban J connectivity index is 3.71. The number of rotatable bonds is 4. The van der Waals surface area contributed by atoms with Crippen molar-refractivity contribution in [1.29, 1.82) is 0 Å². The summed E-state index contributed by atoms with van der Waals surface area (Å²) in [7, 11) is 1.49. The highest BCUT2D eigenvalue weighted by Gasteiger charge is 2.06. The van der Waals surface area contributed by atoms with Crippen molar-refractivity contribution in [3.63, 3.8) is 0 Å². The second kappa shape index (κ2) is 4.99. The molecule has 3 nitrogen and oxygen atoms in total. The molecule has 0 aromatic rings. The predicted octanol–water partition coefficient (Wildman–Crippen LogP) is 1.05. The van der Waals surface area contributed by atoms with Gasteiger partial charge >= 0.3 is 5.97 Å². The number of methoxy groups -OCH3 is 1. The molecule has 0 radical (unpaired) electrons. The summed E-state index contributed by atoms with van der Waals surface area (Å²) in [6, 6.07) is 0. The van der Waals surface area contributed by atoms with Crippen LogP contribution in [-0.4, -0.2) is 24.3 Å². The topological polar surface area (TPSA) is 46.5 Å². The van der Waals surface area contributed by atoms with E-state index in [0.29, 0.717) is 0 Å². The van der Waals surface area contributed by atoms with Gasteiger partial charge in [-0.3, -0.25) is 4.79 Å². The van der Waals surface area contributed by atoms with Gasteiger partial charge in [0.2, 0.25) is 0 Å². The lowest BCUT2D eigenvalue weighted by atomic mass is 10.2. The lowest BCUT2D eigenvalue weighted by Gasteiger charge is -2.05. The van der Waals surface area contributed by atoms with Gasteiger partial charge in [-0.25, -0.2) is 0 Å². The van der Waals surface area contributed by atoms with Gasteiger partial charge in [0.05, 0.1) is 12.5 Å². The van der Waals surface area contributed by atoms with Gasteiger partial charge < -0.3 is 9.84 Å². The zero-order valence-corrected chi connectivity index (χ0v) is 6.20. The molecule has 0 fully saturated rings. The number of hydrogen-bond acceptors (Lipinski definition) is 2. The summed E-state index contributed by atoms with van der Waals surface area (Å²) in [5.74, 6) is -0.843. The molecule has 1 unspecified atom stereocenters. The van der Waals surface area contributed by atoms with Gasteiger partial charge in [-0.1, -0.05) is 12.2 Å². The SMILES string of the molecule is C/C=C\C(CC(=O)O)OC. The molecular formula is C7H12O3. The maximum Gasteiger partial charge on any atom is 0.306 e. The van der Waals surface area contributed by atoms with Crippen LogP contribution in [0.4, 0.5) is 0 Å². The lowest BCUT2D eigenvalue weighted by Crippen LogP contribution is -2.12. The summed E-state index contributed by atoms with van der Waals surface area (Å²) < 4.78 is 4.83. The van der Waals surface area contributed by atoms with Crippen LogP contribution < -0.4 is 0 Å². The van der Waals surface area contributed by atoms with Crippen LogP contribution in [-0.2, 0) is 9.53 Å². The minimum Gasteiger partial charge on any atom is -0.481 e. The summed E-state index contributed by atoms with van der Waals surface area (Å²) in [6.45, 7) is 1.83. The van der Waals surface area contributed by atoms with E-state index in [4.69, 9.17) is 9.84 Å². The Bertz CT molecular complexity index is 129. The lowest BCUT2D eigenvalue weighted by molar-refractivity contribution is -0.138. The fourth-order valence-electron chi connectivity index (χ4n) is 0.617. The van der Waals surface area contributed by atoms with Gasteiger partial charge in [0.1, 0.15) is 0 Å². The van der Waals surface area contributed by atoms with Gasteiger partial charge in [-0.2, -0.15) is 0 Å². The standard InChI is InChI=1S/C7H12O3/c1-3-4-6(10-2)5-7(8)9/h3-4,6H,5H2,1-2H3,(H,8,9)/b4-3-. The number of hydrogen-bond donors (Lipinski definition) is 1. The van der Waals surface area contributed by atoms with Crippen molar-refractivity contribution >= 4 is 5.97 Å². The van der Waals surface area contributed by atoms with Crippen LogP contribution in [0, 0.1) is 0 Å². The maximum absolute atomic E-state index is 10.1. The van der Waals surface area contributed by atoms with Crippen molar-refractivity contribution in [3.8, 4) is 0 Å². The highest BCUT2D eigenvalue weighted by atomic mass is 16.5. The van der Waals surface area contributed by atoms with E-state index in [2.05, 4.69) is 0 Å². The molecule has 0 spiro atoms. The first kappa shape index (κ1) is 9.17. The molecule has 0 aromatic heterocycles. The van der Waals surface area contributed by atoms with Gasteiger partial charge in [0.25, 0.3) is 0 Å². The minimum atomic E-state index is -0.843. The quantitative estimate of drug-likeness (QED) is 0.600. The zero-order chi connectivity index (χ0) is 7.98. The molecule has 1 atom stereocenters. The molecule has 0 rings (SSSR count). The van der Waals surface area contributed by atoms with E-state index in [-0.39, 0.29) is 12.5 Å². The Labute approximate surface area is 60.3 Å². The summed E-state index contributed by atoms with van der Waals surface area (Å²) in [5.41, 5.74) is 0. The molecule has 0 bridgehead atoms. The van der Waals surface area contributed by atoms with E-state index in [1.807, 2.05) is 6.92 Å². The molecule has 0 amide bonds. The summed E-state index contributed by atoms with van der Waals surface area (Å²) in [6.07, 6.45) is 3.23. The van der Waals surface area contributed by atoms with E-state index in [9.17, 15) is 4.79 Å². The van der Waals surface area contributed by atoms with E-state index >= 15 is 0 Å². The van der Waals surface area contributed by atoms with Crippen LogP contribution in [0.1, 0.15) is 13.3 Å². The fraction of sp³-hybridized carbons (Fsp3) is 0.571. The molecule has 58 valence electrons. The molecule has 0 aliphatic rings. The van der Waals surface area contributed by atoms with Crippen molar-refractivity contribution in [2.45, 2.75) is 19.4 Å². The molecule has 0 saturated heterocycles. The average molecular weight is 144 g/mol. The average Bonchev–Trinajstić information content (AvgIpc) is 1.86. The van der Waals surface area contributed by atoms with Crippen molar-refractivity contribution in [2.75, 3.05) is 7.11 Å². The zero-order valence-electron chi connectivity index (χ0n) is 6.20. The minimum absolute atomic E-state index is 0.0286. The summed E-state index contributed by atoms with van der Waals surface area (Å²) in [5, 5.41) is 8.33. The molecule has 0 aliphatic carbocycles. The van der Waals surface area contributed by atoms with Crippen molar-refractivity contribution in [1.82, 2.24) is 0 Å². The van der Waals surface area contributed by atoms with Crippen molar-refractivity contribution < 1.29 is 14.6 Å². The van der Waals surface area contributed by atoms with Crippen molar-refractivity contribution in [3.05, 3.63) is 12.2 Å². The molecule has 1 N–H and O–H groups in total. The van der Waals surface area contributed by atoms with Gasteiger partial charge in [0, 0.05) is 7.11 Å². The first-order valence-electron chi connectivity index (χ1n) is 3.08. The second-order valence-corrected chi connectivity index (χ2v) is 1.90. The number of carboxylic acids is 1. The van der Waals surface area contributed by atoms with Crippen LogP contribution in [0.5, 0.6) is 0 Å². The first-order valence-corrected chi connectivity index (χ1v) is 3.08. The number of allylic oxidation sites excluding steroid dienone is 1. The predicted molar refractivity (Wildman–Crippen MR) is 37.9 cm³/mol. The third-order valence-corrected chi connectivity index (χ3v) is 1.09. The highest BCUT2D eigenvalue weighted by molar-refractivity contribution is 5.67. The highest BCUT2D eigenvalue weighted by Crippen LogP contribution is 1.98. The molecular weight excluding hydrogens is 132 g/mol. The molecule has 0 aromatic carbocycles. The van der Waals surface area contributed by atoms with Gasteiger partial charge in [0.15, 0.2) is 0 Å². The van der Waals surface area contributed by atoms with Crippen LogP contribution in [0.2, 0.25) is 0 Å². The normalized spacial score (nSPS) is 13.8. The maximum atomic E-state index is 10.1. The number of aliphatic carboxylic acids is 1. The smallest absolute Gasteiger partial charge is 0.306 e. The number of carboxylic acid groups (broad SMARTS) is 1. The Morgan fingerprint density at radius 3 is 2.70 bits per heavy atom. The third-order valence-electron chi connectivity index (χ3n) is 1.09. The summed E-state index contributed by atoms with van der Waals surface area (Å²) in [4.78, 5) is 10.1. The number of carbonyl (C=O) groups is 1. The molecule has 0 aliphatic heterocycles. The van der Waals surface area contributed by atoms with Crippen molar-refractivity contribution in [2.24, 2.45) is 0 Å². The summed E-state index contributed by atoms with van der Waals surface area (Å²) >= 11 is 0. The van der Waals surface area contributed by atoms with Crippen LogP contribution in [0.3, 0.4) is 0 Å². The molecule has 3 heteroatoms. The fourth-order valence-corrected chi connectivity index (χ4v) is 0.617. The molecule has 0 heterocycles. The van der Waals surface area contributed by atoms with Gasteiger partial charge in [-0.15, -0.1) is 0 Å². The third kappa shape index (κ3) is 4.09. The Kier molecular flexibility index (Phi) is 4.58. The van der Waals surface area contributed by atoms with Crippen LogP contribution in [0.25, 0.3) is 0 Å². The van der Waals surface area contributed by atoms with Crippen LogP contribution >= 0.6 is 0 Å². The Morgan fingerprint density at radius 2 is 2.40 bits per heavy atom. The molecule has 10 heavy (non-hydrogen) atoms. The Hall–Kier alpha value is -0.830.